The predicted molar refractivity (Wildman–Crippen MR) is 106 cm³/mol. The first-order valence-corrected chi connectivity index (χ1v) is 9.22. The molecule has 6 nitrogen and oxygen atoms in total. The average molecular weight is 369 g/mol. The molecule has 2 rings (SSSR count). The first kappa shape index (κ1) is 20.6. The van der Waals surface area contributed by atoms with E-state index in [1.165, 1.54) is 6.20 Å². The molecular weight excluding hydrogens is 342 g/mol. The summed E-state index contributed by atoms with van der Waals surface area (Å²) in [4.78, 5) is 31.2. The summed E-state index contributed by atoms with van der Waals surface area (Å²) in [6.45, 7) is 5.17. The summed E-state index contributed by atoms with van der Waals surface area (Å²) in [5.41, 5.74) is 1.58. The number of amides is 2. The number of ether oxygens (including phenoxy) is 1. The van der Waals surface area contributed by atoms with Crippen LogP contribution >= 0.6 is 0 Å². The van der Waals surface area contributed by atoms with Gasteiger partial charge in [-0.1, -0.05) is 19.9 Å². The van der Waals surface area contributed by atoms with Gasteiger partial charge in [-0.25, -0.2) is 0 Å². The molecule has 2 amide bonds. The minimum Gasteiger partial charge on any atom is -0.383 e. The molecule has 0 saturated heterocycles. The van der Waals surface area contributed by atoms with E-state index in [0.29, 0.717) is 30.0 Å². The molecule has 0 atom stereocenters. The summed E-state index contributed by atoms with van der Waals surface area (Å²) in [6, 6.07) is 10.6. The molecule has 0 saturated carbocycles. The van der Waals surface area contributed by atoms with E-state index in [4.69, 9.17) is 4.74 Å². The van der Waals surface area contributed by atoms with E-state index in [1.54, 1.807) is 49.7 Å². The highest BCUT2D eigenvalue weighted by atomic mass is 16.5. The lowest BCUT2D eigenvalue weighted by Gasteiger charge is -2.30. The number of hydrogen-bond acceptors (Lipinski definition) is 4. The lowest BCUT2D eigenvalue weighted by atomic mass is 10.1. The number of benzene rings is 1. The first-order chi connectivity index (χ1) is 13.1. The Morgan fingerprint density at radius 2 is 1.89 bits per heavy atom. The Labute approximate surface area is 160 Å². The van der Waals surface area contributed by atoms with E-state index in [1.807, 2.05) is 4.90 Å². The maximum Gasteiger partial charge on any atom is 0.257 e. The zero-order chi connectivity index (χ0) is 19.6. The number of hydrogen-bond donors (Lipinski definition) is 1. The molecule has 0 radical (unpaired) electrons. The fourth-order valence-corrected chi connectivity index (χ4v) is 2.97. The maximum atomic E-state index is 13.1. The summed E-state index contributed by atoms with van der Waals surface area (Å²) in [7, 11) is 1.63. The molecule has 1 aromatic heterocycles. The number of carbonyl (C=O) groups is 2. The topological polar surface area (TPSA) is 71.5 Å². The van der Waals surface area contributed by atoms with Gasteiger partial charge in [0.1, 0.15) is 0 Å². The van der Waals surface area contributed by atoms with Crippen LogP contribution in [0.1, 0.15) is 47.4 Å². The van der Waals surface area contributed by atoms with Gasteiger partial charge in [-0.3, -0.25) is 14.6 Å². The van der Waals surface area contributed by atoms with E-state index in [-0.39, 0.29) is 17.9 Å². The Bertz CT molecular complexity index is 745. The molecule has 2 aromatic rings. The van der Waals surface area contributed by atoms with Gasteiger partial charge in [-0.15, -0.1) is 0 Å². The lowest BCUT2D eigenvalue weighted by Crippen LogP contribution is -2.41. The first-order valence-electron chi connectivity index (χ1n) is 9.22. The predicted octanol–water partition coefficient (Wildman–Crippen LogP) is 3.61. The molecule has 0 fully saturated rings. The number of pyridine rings is 1. The van der Waals surface area contributed by atoms with Gasteiger partial charge < -0.3 is 15.0 Å². The Morgan fingerprint density at radius 3 is 2.52 bits per heavy atom. The number of anilines is 1. The monoisotopic (exact) mass is 369 g/mol. The summed E-state index contributed by atoms with van der Waals surface area (Å²) < 4.78 is 5.17. The van der Waals surface area contributed by atoms with Crippen LogP contribution in [0.15, 0.2) is 48.8 Å². The van der Waals surface area contributed by atoms with Gasteiger partial charge >= 0.3 is 0 Å². The Kier molecular flexibility index (Phi) is 7.95. The van der Waals surface area contributed by atoms with Crippen molar-refractivity contribution in [2.75, 3.05) is 25.6 Å². The van der Waals surface area contributed by atoms with Crippen molar-refractivity contribution >= 4 is 17.5 Å². The second kappa shape index (κ2) is 10.4. The zero-order valence-electron chi connectivity index (χ0n) is 16.1. The van der Waals surface area contributed by atoms with Crippen LogP contribution in [0.25, 0.3) is 0 Å². The highest BCUT2D eigenvalue weighted by molar-refractivity contribution is 6.04. The Morgan fingerprint density at radius 1 is 1.15 bits per heavy atom. The summed E-state index contributed by atoms with van der Waals surface area (Å²) in [5.74, 6) is -0.317. The van der Waals surface area contributed by atoms with Gasteiger partial charge in [-0.2, -0.15) is 0 Å². The van der Waals surface area contributed by atoms with Crippen LogP contribution in [0, 0.1) is 0 Å². The van der Waals surface area contributed by atoms with Crippen LogP contribution in [0.4, 0.5) is 5.69 Å². The summed E-state index contributed by atoms with van der Waals surface area (Å²) in [6.07, 6.45) is 4.87. The van der Waals surface area contributed by atoms with Gasteiger partial charge in [0.05, 0.1) is 12.2 Å². The second-order valence-electron chi connectivity index (χ2n) is 6.24. The normalized spacial score (nSPS) is 10.7. The molecule has 0 aliphatic carbocycles. The van der Waals surface area contributed by atoms with Gasteiger partial charge in [0.2, 0.25) is 0 Å². The SMILES string of the molecule is CCC(CC)N(CCOC)C(=O)c1cccc(NC(=O)c2cccnc2)c1. The van der Waals surface area contributed by atoms with Crippen molar-refractivity contribution < 1.29 is 14.3 Å². The molecule has 1 aromatic carbocycles. The third-order valence-corrected chi connectivity index (χ3v) is 4.47. The van der Waals surface area contributed by atoms with E-state index < -0.39 is 0 Å². The third kappa shape index (κ3) is 5.62. The number of nitrogens with zero attached hydrogens (tertiary/aromatic N) is 2. The van der Waals surface area contributed by atoms with Crippen LogP contribution in [0.5, 0.6) is 0 Å². The highest BCUT2D eigenvalue weighted by Crippen LogP contribution is 2.17. The van der Waals surface area contributed by atoms with Crippen LogP contribution < -0.4 is 5.32 Å². The van der Waals surface area contributed by atoms with Crippen molar-refractivity contribution in [1.82, 2.24) is 9.88 Å². The molecule has 144 valence electrons. The maximum absolute atomic E-state index is 13.1. The summed E-state index contributed by atoms with van der Waals surface area (Å²) in [5, 5.41) is 2.82. The van der Waals surface area contributed by atoms with Crippen LogP contribution in [0.3, 0.4) is 0 Å². The molecule has 1 heterocycles. The van der Waals surface area contributed by atoms with E-state index in [0.717, 1.165) is 12.8 Å². The van der Waals surface area contributed by atoms with E-state index >= 15 is 0 Å². The molecule has 27 heavy (non-hydrogen) atoms. The zero-order valence-corrected chi connectivity index (χ0v) is 16.1. The number of aromatic nitrogens is 1. The number of rotatable bonds is 9. The highest BCUT2D eigenvalue weighted by Gasteiger charge is 2.22. The van der Waals surface area contributed by atoms with Crippen LogP contribution in [0.2, 0.25) is 0 Å². The van der Waals surface area contributed by atoms with Crippen molar-refractivity contribution in [2.45, 2.75) is 32.7 Å². The van der Waals surface area contributed by atoms with E-state index in [9.17, 15) is 9.59 Å². The van der Waals surface area contributed by atoms with Crippen LogP contribution in [-0.4, -0.2) is 48.0 Å². The minimum absolute atomic E-state index is 0.0572. The molecule has 0 aliphatic rings. The number of nitrogens with one attached hydrogen (secondary N) is 1. The van der Waals surface area contributed by atoms with Crippen molar-refractivity contribution in [1.29, 1.82) is 0 Å². The minimum atomic E-state index is -0.260. The molecule has 1 N–H and O–H groups in total. The van der Waals surface area contributed by atoms with Crippen molar-refractivity contribution in [3.05, 3.63) is 59.9 Å². The lowest BCUT2D eigenvalue weighted by molar-refractivity contribution is 0.0589. The second-order valence-corrected chi connectivity index (χ2v) is 6.24. The molecule has 6 heteroatoms. The largest absolute Gasteiger partial charge is 0.383 e. The summed E-state index contributed by atoms with van der Waals surface area (Å²) >= 11 is 0. The van der Waals surface area contributed by atoms with Gasteiger partial charge in [-0.05, 0) is 43.2 Å². The van der Waals surface area contributed by atoms with Crippen molar-refractivity contribution in [3.8, 4) is 0 Å². The smallest absolute Gasteiger partial charge is 0.257 e. The van der Waals surface area contributed by atoms with Crippen LogP contribution in [-0.2, 0) is 4.74 Å². The number of methoxy groups -OCH3 is 1. The Balaban J connectivity index is 2.18. The van der Waals surface area contributed by atoms with E-state index in [2.05, 4.69) is 24.1 Å². The third-order valence-electron chi connectivity index (χ3n) is 4.47. The fourth-order valence-electron chi connectivity index (χ4n) is 2.97. The molecule has 0 aliphatic heterocycles. The quantitative estimate of drug-likeness (QED) is 0.733. The van der Waals surface area contributed by atoms with Crippen molar-refractivity contribution in [2.24, 2.45) is 0 Å². The fraction of sp³-hybridized carbons (Fsp3) is 0.381. The molecule has 0 unspecified atom stereocenters. The van der Waals surface area contributed by atoms with Gasteiger partial charge in [0, 0.05) is 43.3 Å². The van der Waals surface area contributed by atoms with Gasteiger partial charge in [0.25, 0.3) is 11.8 Å². The molecule has 0 bridgehead atoms. The van der Waals surface area contributed by atoms with Gasteiger partial charge in [0.15, 0.2) is 0 Å². The number of carbonyl (C=O) groups excluding carboxylic acids is 2. The Hall–Kier alpha value is -2.73. The van der Waals surface area contributed by atoms with Crippen molar-refractivity contribution in [3.63, 3.8) is 0 Å². The standard InChI is InChI=1S/C21H27N3O3/c1-4-19(5-2)24(12-13-27-3)21(26)16-8-6-10-18(14-16)23-20(25)17-9-7-11-22-15-17/h6-11,14-15,19H,4-5,12-13H2,1-3H3,(H,23,25). The average Bonchev–Trinajstić information content (AvgIpc) is 2.71. The molecular formula is C21H27N3O3. The molecule has 0 spiro atoms.